The topological polar surface area (TPSA) is 195 Å². The third-order valence-corrected chi connectivity index (χ3v) is 9.01. The summed E-state index contributed by atoms with van der Waals surface area (Å²) in [6, 6.07) is 4.47. The minimum atomic E-state index is -1.90. The van der Waals surface area contributed by atoms with Crippen molar-refractivity contribution in [1.82, 2.24) is 5.32 Å². The van der Waals surface area contributed by atoms with E-state index in [1.54, 1.807) is 19.1 Å². The van der Waals surface area contributed by atoms with Crippen molar-refractivity contribution < 1.29 is 48.7 Å². The summed E-state index contributed by atoms with van der Waals surface area (Å²) in [5.41, 5.74) is 4.40. The van der Waals surface area contributed by atoms with E-state index in [-0.39, 0.29) is 76.7 Å². The van der Waals surface area contributed by atoms with Gasteiger partial charge in [0.2, 0.25) is 11.7 Å². The van der Waals surface area contributed by atoms with Crippen LogP contribution in [-0.4, -0.2) is 81.9 Å². The van der Waals surface area contributed by atoms with Crippen LogP contribution in [0.2, 0.25) is 0 Å². The number of hydrogen-bond acceptors (Lipinski definition) is 11. The number of Topliss-reactive ketones (excluding diaryl/α,β-unsaturated/α-hetero) is 1. The lowest BCUT2D eigenvalue weighted by molar-refractivity contribution is -0.249. The lowest BCUT2D eigenvalue weighted by Crippen LogP contribution is -2.58. The van der Waals surface area contributed by atoms with Crippen LogP contribution >= 0.6 is 12.4 Å². The van der Waals surface area contributed by atoms with Gasteiger partial charge in [0.25, 0.3) is 0 Å². The normalized spacial score (nSPS) is 27.5. The Morgan fingerprint density at radius 2 is 1.87 bits per heavy atom. The number of methoxy groups -OCH3 is 1. The van der Waals surface area contributed by atoms with E-state index in [4.69, 9.17) is 19.9 Å². The van der Waals surface area contributed by atoms with Crippen molar-refractivity contribution in [2.45, 2.75) is 95.7 Å². The summed E-state index contributed by atoms with van der Waals surface area (Å²) in [6.45, 7) is 6.73. The van der Waals surface area contributed by atoms with Crippen molar-refractivity contribution in [1.29, 1.82) is 0 Å². The second-order valence-electron chi connectivity index (χ2n) is 12.7. The number of ketones is 3. The summed E-state index contributed by atoms with van der Waals surface area (Å²) < 4.78 is 17.5. The van der Waals surface area contributed by atoms with Crippen LogP contribution in [0.3, 0.4) is 0 Å². The number of fused-ring (bicyclic) bond motifs is 3. The van der Waals surface area contributed by atoms with Gasteiger partial charge in [-0.3, -0.25) is 19.2 Å². The Morgan fingerprint density at radius 3 is 2.50 bits per heavy atom. The molecule has 6 N–H and O–H groups in total. The third kappa shape index (κ3) is 6.29. The Labute approximate surface area is 273 Å². The fourth-order valence-corrected chi connectivity index (χ4v) is 6.60. The molecule has 7 unspecified atom stereocenters. The summed E-state index contributed by atoms with van der Waals surface area (Å²) in [7, 11) is 1.37. The van der Waals surface area contributed by atoms with Crippen LogP contribution in [0.5, 0.6) is 11.5 Å². The Bertz CT molecular complexity index is 1560. The number of amides is 1. The van der Waals surface area contributed by atoms with Gasteiger partial charge in [0.05, 0.1) is 42.5 Å². The number of ether oxygens (including phenoxy) is 3. The van der Waals surface area contributed by atoms with Crippen LogP contribution in [-0.2, 0) is 25.5 Å². The van der Waals surface area contributed by atoms with E-state index in [2.05, 4.69) is 5.32 Å². The maximum Gasteiger partial charge on any atom is 0.237 e. The maximum atomic E-state index is 13.8. The molecule has 7 atom stereocenters. The van der Waals surface area contributed by atoms with Crippen LogP contribution in [0.25, 0.3) is 0 Å². The van der Waals surface area contributed by atoms with Gasteiger partial charge in [0, 0.05) is 36.0 Å². The molecule has 0 radical (unpaired) electrons. The third-order valence-electron chi connectivity index (χ3n) is 9.01. The van der Waals surface area contributed by atoms with Gasteiger partial charge in [0.15, 0.2) is 17.9 Å². The molecule has 0 saturated carbocycles. The van der Waals surface area contributed by atoms with Crippen molar-refractivity contribution in [3.8, 4) is 11.5 Å². The standard InChI is InChI=1S/C33H40N2O10.ClH/c1-14(2)9-20(34)32(41)35-21-11-24(44-15(3)28(21)37)45-23-13-33(42,16(4)36)12-17-10-19-27(30(39)25(17)23)31(40)26-18(29(19)38)7-6-8-22(26)43-5;/h6-8,10,14-15,20-21,23-24,28,37,39,42H,9,11-13,34H2,1-5H3,(H,35,41);1H. The van der Waals surface area contributed by atoms with Crippen LogP contribution in [0.4, 0.5) is 0 Å². The molecular weight excluding hydrogens is 620 g/mol. The lowest BCUT2D eigenvalue weighted by Gasteiger charge is -2.42. The fraction of sp³-hybridized carbons (Fsp3) is 0.515. The number of carbonyl (C=O) groups excluding carboxylic acids is 4. The van der Waals surface area contributed by atoms with Gasteiger partial charge in [-0.15, -0.1) is 12.4 Å². The summed E-state index contributed by atoms with van der Waals surface area (Å²) in [4.78, 5) is 52.8. The van der Waals surface area contributed by atoms with Crippen LogP contribution < -0.4 is 15.8 Å². The summed E-state index contributed by atoms with van der Waals surface area (Å²) in [5.74, 6) is -2.25. The van der Waals surface area contributed by atoms with Gasteiger partial charge >= 0.3 is 0 Å². The molecule has 1 fully saturated rings. The Balaban J connectivity index is 0.00000480. The molecule has 2 aromatic carbocycles. The molecular formula is C33H41ClN2O10. The molecule has 250 valence electrons. The second-order valence-corrected chi connectivity index (χ2v) is 12.7. The number of nitrogens with one attached hydrogen (secondary N) is 1. The second kappa shape index (κ2) is 13.4. The van der Waals surface area contributed by atoms with Crippen molar-refractivity contribution in [3.63, 3.8) is 0 Å². The van der Waals surface area contributed by atoms with Crippen molar-refractivity contribution in [3.05, 3.63) is 57.6 Å². The number of aromatic hydroxyl groups is 1. The molecule has 2 aromatic rings. The molecule has 2 aliphatic carbocycles. The number of aliphatic hydroxyl groups excluding tert-OH is 1. The monoisotopic (exact) mass is 660 g/mol. The molecule has 1 heterocycles. The number of carbonyl (C=O) groups is 4. The summed E-state index contributed by atoms with van der Waals surface area (Å²) in [6.07, 6.45) is -4.15. The molecule has 13 heteroatoms. The first kappa shape index (κ1) is 35.5. The molecule has 0 spiro atoms. The number of halogens is 1. The highest BCUT2D eigenvalue weighted by molar-refractivity contribution is 6.30. The predicted octanol–water partition coefficient (Wildman–Crippen LogP) is 2.28. The average Bonchev–Trinajstić information content (AvgIpc) is 2.97. The van der Waals surface area contributed by atoms with E-state index in [0.717, 1.165) is 0 Å². The van der Waals surface area contributed by atoms with Gasteiger partial charge in [-0.25, -0.2) is 0 Å². The van der Waals surface area contributed by atoms with Gasteiger partial charge in [0.1, 0.15) is 23.2 Å². The first-order valence-electron chi connectivity index (χ1n) is 15.1. The highest BCUT2D eigenvalue weighted by Gasteiger charge is 2.48. The van der Waals surface area contributed by atoms with Gasteiger partial charge in [-0.05, 0) is 43.9 Å². The van der Waals surface area contributed by atoms with Crippen LogP contribution in [0.15, 0.2) is 24.3 Å². The first-order valence-corrected chi connectivity index (χ1v) is 15.1. The largest absolute Gasteiger partial charge is 0.507 e. The zero-order valence-corrected chi connectivity index (χ0v) is 27.2. The van der Waals surface area contributed by atoms with Crippen molar-refractivity contribution in [2.24, 2.45) is 11.7 Å². The number of aliphatic hydroxyl groups is 2. The van der Waals surface area contributed by atoms with E-state index in [1.165, 1.54) is 26.2 Å². The molecule has 0 aromatic heterocycles. The summed E-state index contributed by atoms with van der Waals surface area (Å²) >= 11 is 0. The minimum absolute atomic E-state index is 0. The summed E-state index contributed by atoms with van der Waals surface area (Å²) in [5, 5.41) is 36.6. The number of phenols is 1. The zero-order valence-electron chi connectivity index (χ0n) is 26.4. The molecule has 1 saturated heterocycles. The molecule has 3 aliphatic rings. The Hall–Kier alpha value is -3.39. The van der Waals surface area contributed by atoms with E-state index < -0.39 is 71.3 Å². The Kier molecular flexibility index (Phi) is 10.3. The molecule has 12 nitrogen and oxygen atoms in total. The van der Waals surface area contributed by atoms with Gasteiger partial charge in [-0.1, -0.05) is 26.0 Å². The number of rotatable bonds is 8. The van der Waals surface area contributed by atoms with E-state index in [9.17, 15) is 34.5 Å². The SMILES string of the molecule is COc1cccc2c1C(=O)c1c(cc3c(c1O)C(OC1CC(NC(=O)C(N)CC(C)C)C(O)C(C)O1)CC(O)(C(C)=O)C3)C2=O.Cl. The quantitative estimate of drug-likeness (QED) is 0.238. The number of phenolic OH excluding ortho intramolecular Hbond substituents is 1. The van der Waals surface area contributed by atoms with Gasteiger partial charge < -0.3 is 40.6 Å². The van der Waals surface area contributed by atoms with E-state index in [0.29, 0.717) is 6.42 Å². The molecule has 0 bridgehead atoms. The maximum absolute atomic E-state index is 13.8. The average molecular weight is 661 g/mol. The number of nitrogens with two attached hydrogens (primary N) is 1. The number of benzene rings is 2. The fourth-order valence-electron chi connectivity index (χ4n) is 6.60. The minimum Gasteiger partial charge on any atom is -0.507 e. The lowest BCUT2D eigenvalue weighted by atomic mass is 9.72. The predicted molar refractivity (Wildman–Crippen MR) is 167 cm³/mol. The molecule has 1 aliphatic heterocycles. The van der Waals surface area contributed by atoms with E-state index in [1.807, 2.05) is 13.8 Å². The van der Waals surface area contributed by atoms with Crippen LogP contribution in [0, 0.1) is 5.92 Å². The zero-order chi connectivity index (χ0) is 33.0. The highest BCUT2D eigenvalue weighted by atomic mass is 35.5. The Morgan fingerprint density at radius 1 is 1.17 bits per heavy atom. The molecule has 5 rings (SSSR count). The van der Waals surface area contributed by atoms with Gasteiger partial charge in [-0.2, -0.15) is 0 Å². The molecule has 1 amide bonds. The van der Waals surface area contributed by atoms with Crippen molar-refractivity contribution in [2.75, 3.05) is 7.11 Å². The highest BCUT2D eigenvalue weighted by Crippen LogP contribution is 2.48. The van der Waals surface area contributed by atoms with Crippen molar-refractivity contribution >= 4 is 35.7 Å². The van der Waals surface area contributed by atoms with E-state index >= 15 is 0 Å². The first-order chi connectivity index (χ1) is 21.2. The van der Waals surface area contributed by atoms with Crippen LogP contribution in [0.1, 0.15) is 96.0 Å². The smallest absolute Gasteiger partial charge is 0.237 e. The number of hydrogen-bond donors (Lipinski definition) is 5. The molecule has 46 heavy (non-hydrogen) atoms.